The van der Waals surface area contributed by atoms with Crippen LogP contribution in [0.4, 0.5) is 0 Å². The molecule has 8 radical (unpaired) electrons. The lowest BCUT2D eigenvalue weighted by atomic mass is 9.82. The van der Waals surface area contributed by atoms with E-state index in [9.17, 15) is 10.2 Å². The first-order valence-corrected chi connectivity index (χ1v) is 12.3. The smallest absolute Gasteiger partial charge is 0.122 e. The number of likely N-dealkylation sites (tertiary alicyclic amines) is 1. The fraction of sp³-hybridized carbons (Fsp3) is 0.423. The minimum atomic E-state index is -1.10. The molecule has 7 nitrogen and oxygen atoms in total. The van der Waals surface area contributed by atoms with Crippen molar-refractivity contribution < 1.29 is 19.7 Å². The number of piperidine rings is 1. The monoisotopic (exact) mass is 491 g/mol. The Bertz CT molecular complexity index is 1170. The number of nitrogens with zero attached hydrogens (tertiary/aromatic N) is 3. The molecule has 0 saturated carbocycles. The van der Waals surface area contributed by atoms with Crippen LogP contribution in [0.1, 0.15) is 25.3 Å². The predicted octanol–water partition coefficient (Wildman–Crippen LogP) is 1.49. The second-order valence-corrected chi connectivity index (χ2v) is 9.74. The van der Waals surface area contributed by atoms with Gasteiger partial charge in [0, 0.05) is 48.1 Å². The molecule has 2 heterocycles. The lowest BCUT2D eigenvalue weighted by Gasteiger charge is -2.39. The second kappa shape index (κ2) is 11.8. The van der Waals surface area contributed by atoms with Gasteiger partial charge in [-0.05, 0) is 62.2 Å². The molecule has 3 aromatic rings. The summed E-state index contributed by atoms with van der Waals surface area (Å²) in [5, 5.41) is 24.6. The third-order valence-electron chi connectivity index (χ3n) is 6.72. The van der Waals surface area contributed by atoms with Crippen molar-refractivity contribution in [3.05, 3.63) is 60.4 Å². The van der Waals surface area contributed by atoms with E-state index in [1.165, 1.54) is 0 Å². The molecule has 1 aliphatic rings. The molecule has 1 aromatic heterocycles. The van der Waals surface area contributed by atoms with Gasteiger partial charge in [-0.1, -0.05) is 12.1 Å². The Hall–Kier alpha value is -2.61. The Labute approximate surface area is 223 Å². The average molecular weight is 491 g/mol. The number of aliphatic hydroxyl groups is 2. The van der Waals surface area contributed by atoms with Crippen molar-refractivity contribution >= 4 is 31.4 Å². The summed E-state index contributed by atoms with van der Waals surface area (Å²) in [5.41, 5.74) is 2.48. The summed E-state index contributed by atoms with van der Waals surface area (Å²) in [6.45, 7) is 3.61. The van der Waals surface area contributed by atoms with Gasteiger partial charge in [-0.3, -0.25) is 4.90 Å². The van der Waals surface area contributed by atoms with Crippen molar-refractivity contribution in [3.63, 3.8) is 0 Å². The van der Waals surface area contributed by atoms with Crippen molar-refractivity contribution in [2.75, 3.05) is 19.7 Å². The molecule has 1 fully saturated rings. The number of aliphatic hydroxyl groups excluding tert-OH is 1. The molecule has 2 aromatic carbocycles. The first-order valence-electron chi connectivity index (χ1n) is 12.3. The van der Waals surface area contributed by atoms with Gasteiger partial charge in [0.1, 0.15) is 42.9 Å². The normalized spacial score (nSPS) is 18.1. The lowest BCUT2D eigenvalue weighted by molar-refractivity contribution is -0.0697. The molecule has 2 N–H and O–H groups in total. The van der Waals surface area contributed by atoms with Gasteiger partial charge in [0.15, 0.2) is 0 Å². The minimum absolute atomic E-state index is 0.00911. The predicted molar refractivity (Wildman–Crippen MR) is 147 cm³/mol. The summed E-state index contributed by atoms with van der Waals surface area (Å²) >= 11 is 0. The molecule has 0 aliphatic carbocycles. The minimum Gasteiger partial charge on any atom is -0.510 e. The van der Waals surface area contributed by atoms with Crippen LogP contribution in [0.15, 0.2) is 54.9 Å². The Morgan fingerprint density at radius 2 is 1.78 bits per heavy atom. The zero-order valence-electron chi connectivity index (χ0n) is 21.0. The maximum absolute atomic E-state index is 10.5. The summed E-state index contributed by atoms with van der Waals surface area (Å²) in [6.07, 6.45) is 5.50. The summed E-state index contributed by atoms with van der Waals surface area (Å²) in [7, 11) is 22.5. The molecule has 0 spiro atoms. The van der Waals surface area contributed by atoms with Crippen LogP contribution in [0.25, 0.3) is 16.8 Å². The van der Waals surface area contributed by atoms with Crippen molar-refractivity contribution in [2.24, 2.45) is 5.92 Å². The number of ether oxygens (including phenoxy) is 2. The highest BCUT2D eigenvalue weighted by atomic mass is 16.5. The molecule has 1 unspecified atom stereocenters. The third kappa shape index (κ3) is 7.03. The highest BCUT2D eigenvalue weighted by Gasteiger charge is 2.34. The van der Waals surface area contributed by atoms with Crippen LogP contribution in [0.5, 0.6) is 11.5 Å². The average Bonchev–Trinajstić information content (AvgIpc) is 3.35. The first-order chi connectivity index (χ1) is 17.6. The van der Waals surface area contributed by atoms with E-state index in [2.05, 4.69) is 10.00 Å². The number of hydrogen-bond donors (Lipinski definition) is 2. The Morgan fingerprint density at radius 3 is 2.46 bits per heavy atom. The maximum atomic E-state index is 10.5. The van der Waals surface area contributed by atoms with E-state index in [1.54, 1.807) is 29.9 Å². The molecule has 37 heavy (non-hydrogen) atoms. The molecule has 1 aliphatic heterocycles. The number of aromatic nitrogens is 2. The van der Waals surface area contributed by atoms with Gasteiger partial charge in [0.2, 0.25) is 0 Å². The molecule has 4 rings (SSSR count). The van der Waals surface area contributed by atoms with Crippen LogP contribution in [-0.2, 0) is 6.54 Å². The zero-order valence-corrected chi connectivity index (χ0v) is 21.0. The van der Waals surface area contributed by atoms with Gasteiger partial charge in [-0.15, -0.1) is 0 Å². The summed E-state index contributed by atoms with van der Waals surface area (Å²) in [5.74, 6) is -0.694. The third-order valence-corrected chi connectivity index (χ3v) is 6.72. The first kappa shape index (κ1) is 27.4. The quantitative estimate of drug-likeness (QED) is 0.419. The molecule has 184 valence electrons. The van der Waals surface area contributed by atoms with Gasteiger partial charge < -0.3 is 19.7 Å². The standard InChI is InChI=1S/C26H29B4N3O4/c1-26(35,16-34)20-3-2-10-32(15-20)13-18-5-4-17(11-23(18)37-25(29)30)19-12-31-33(14-19)21-6-8-22(9-7-21)36-24(27)28/h4-9,11-12,14,20,24-25,34-35H,2-3,10,13,15-16H2,1H3/t20?,26-/m1/s1. The van der Waals surface area contributed by atoms with Crippen LogP contribution in [-0.4, -0.2) is 93.4 Å². The lowest BCUT2D eigenvalue weighted by Crippen LogP contribution is -2.47. The van der Waals surface area contributed by atoms with E-state index in [-0.39, 0.29) is 12.5 Å². The SMILES string of the molecule is [B]C([B])Oc1ccc(-n2cc(-c3ccc(CN4CCCC([C@](C)(O)CO)C4)c(OC([B])[B])c3)cn2)cc1. The van der Waals surface area contributed by atoms with Crippen molar-refractivity contribution in [1.82, 2.24) is 14.7 Å². The van der Waals surface area contributed by atoms with E-state index in [4.69, 9.17) is 40.9 Å². The van der Waals surface area contributed by atoms with Crippen LogP contribution in [0.3, 0.4) is 0 Å². The fourth-order valence-electron chi connectivity index (χ4n) is 4.65. The summed E-state index contributed by atoms with van der Waals surface area (Å²) < 4.78 is 12.8. The Morgan fingerprint density at radius 1 is 1.05 bits per heavy atom. The number of hydrogen-bond acceptors (Lipinski definition) is 6. The van der Waals surface area contributed by atoms with E-state index in [0.717, 1.165) is 41.8 Å². The summed E-state index contributed by atoms with van der Waals surface area (Å²) in [4.78, 5) is 2.26. The highest BCUT2D eigenvalue weighted by molar-refractivity contribution is 6.35. The fourth-order valence-corrected chi connectivity index (χ4v) is 4.65. The summed E-state index contributed by atoms with van der Waals surface area (Å²) in [6, 6.07) is 13.2. The van der Waals surface area contributed by atoms with Gasteiger partial charge in [-0.25, -0.2) is 4.68 Å². The second-order valence-electron chi connectivity index (χ2n) is 9.74. The van der Waals surface area contributed by atoms with Gasteiger partial charge in [0.25, 0.3) is 0 Å². The molecule has 1 saturated heterocycles. The molecular formula is C26H29B4N3O4. The van der Waals surface area contributed by atoms with Crippen LogP contribution in [0.2, 0.25) is 0 Å². The Balaban J connectivity index is 1.52. The Kier molecular flexibility index (Phi) is 8.78. The van der Waals surface area contributed by atoms with E-state index >= 15 is 0 Å². The largest absolute Gasteiger partial charge is 0.510 e. The van der Waals surface area contributed by atoms with Crippen LogP contribution >= 0.6 is 0 Å². The van der Waals surface area contributed by atoms with Gasteiger partial charge in [-0.2, -0.15) is 5.10 Å². The maximum Gasteiger partial charge on any atom is 0.122 e. The van der Waals surface area contributed by atoms with Gasteiger partial charge in [0.05, 0.1) is 24.1 Å². The van der Waals surface area contributed by atoms with Gasteiger partial charge >= 0.3 is 0 Å². The molecular weight excluding hydrogens is 462 g/mol. The number of rotatable bonds is 10. The zero-order chi connectivity index (χ0) is 26.6. The van der Waals surface area contributed by atoms with Crippen molar-refractivity contribution in [3.8, 4) is 28.3 Å². The van der Waals surface area contributed by atoms with Crippen molar-refractivity contribution in [2.45, 2.75) is 43.7 Å². The van der Waals surface area contributed by atoms with Crippen LogP contribution < -0.4 is 9.47 Å². The molecule has 2 atom stereocenters. The molecule has 11 heteroatoms. The molecule has 0 amide bonds. The van der Waals surface area contributed by atoms with E-state index in [1.807, 2.05) is 36.5 Å². The highest BCUT2D eigenvalue weighted by Crippen LogP contribution is 2.32. The molecule has 0 bridgehead atoms. The van der Waals surface area contributed by atoms with Crippen LogP contribution in [0, 0.1) is 5.92 Å². The van der Waals surface area contributed by atoms with E-state index < -0.39 is 17.4 Å². The van der Waals surface area contributed by atoms with Crippen molar-refractivity contribution in [1.29, 1.82) is 0 Å². The number of benzene rings is 2. The van der Waals surface area contributed by atoms with E-state index in [0.29, 0.717) is 24.6 Å². The topological polar surface area (TPSA) is 80.0 Å².